The van der Waals surface area contributed by atoms with Crippen molar-refractivity contribution in [1.29, 1.82) is 0 Å². The van der Waals surface area contributed by atoms with Gasteiger partial charge in [0, 0.05) is 30.6 Å². The van der Waals surface area contributed by atoms with Crippen molar-refractivity contribution in [3.8, 4) is 16.9 Å². The summed E-state index contributed by atoms with van der Waals surface area (Å²) in [4.78, 5) is 2.07. The maximum atomic E-state index is 9.42. The predicted molar refractivity (Wildman–Crippen MR) is 112 cm³/mol. The first kappa shape index (κ1) is 17.4. The number of hydrogen-bond acceptors (Lipinski definition) is 4. The van der Waals surface area contributed by atoms with Gasteiger partial charge in [0.15, 0.2) is 0 Å². The molecule has 0 bridgehead atoms. The molecule has 5 heteroatoms. The molecule has 0 saturated heterocycles. The van der Waals surface area contributed by atoms with E-state index in [2.05, 4.69) is 29.2 Å². The molecule has 0 spiro atoms. The quantitative estimate of drug-likeness (QED) is 0.427. The fourth-order valence-electron chi connectivity index (χ4n) is 3.56. The zero-order valence-electron chi connectivity index (χ0n) is 15.3. The van der Waals surface area contributed by atoms with Gasteiger partial charge in [-0.25, -0.2) is 0 Å². The van der Waals surface area contributed by atoms with Gasteiger partial charge in [0.2, 0.25) is 0 Å². The summed E-state index contributed by atoms with van der Waals surface area (Å²) in [7, 11) is 2.17. The highest BCUT2D eigenvalue weighted by Crippen LogP contribution is 2.43. The lowest BCUT2D eigenvalue weighted by atomic mass is 9.91. The van der Waals surface area contributed by atoms with Crippen LogP contribution in [0, 0.1) is 0 Å². The van der Waals surface area contributed by atoms with Crippen molar-refractivity contribution in [2.75, 3.05) is 19.0 Å². The van der Waals surface area contributed by atoms with E-state index in [0.717, 1.165) is 38.4 Å². The van der Waals surface area contributed by atoms with Crippen molar-refractivity contribution in [3.05, 3.63) is 72.8 Å². The molecule has 0 amide bonds. The van der Waals surface area contributed by atoms with Crippen LogP contribution in [0.4, 0.5) is 5.69 Å². The van der Waals surface area contributed by atoms with E-state index in [9.17, 15) is 10.0 Å². The van der Waals surface area contributed by atoms with E-state index in [4.69, 9.17) is 4.65 Å². The van der Waals surface area contributed by atoms with Crippen LogP contribution >= 0.6 is 0 Å². The van der Waals surface area contributed by atoms with Crippen LogP contribution in [0.1, 0.15) is 0 Å². The first-order valence-corrected chi connectivity index (χ1v) is 8.80. The van der Waals surface area contributed by atoms with Crippen LogP contribution in [0.5, 0.6) is 5.75 Å². The van der Waals surface area contributed by atoms with Crippen molar-refractivity contribution >= 4 is 34.6 Å². The molecule has 0 aliphatic heterocycles. The van der Waals surface area contributed by atoms with Crippen molar-refractivity contribution in [1.82, 2.24) is 0 Å². The molecular formula is C22H20BNO3. The Morgan fingerprint density at radius 2 is 1.19 bits per heavy atom. The normalized spacial score (nSPS) is 11.0. The summed E-state index contributed by atoms with van der Waals surface area (Å²) < 4.78 is 5.39. The highest BCUT2D eigenvalue weighted by Gasteiger charge is 2.20. The van der Waals surface area contributed by atoms with Gasteiger partial charge in [-0.3, -0.25) is 0 Å². The molecule has 0 aromatic heterocycles. The molecule has 0 aliphatic rings. The van der Waals surface area contributed by atoms with Crippen LogP contribution < -0.4 is 9.55 Å². The second kappa shape index (κ2) is 6.95. The summed E-state index contributed by atoms with van der Waals surface area (Å²) in [5, 5.41) is 22.5. The number of nitrogens with zero attached hydrogens (tertiary/aromatic N) is 1. The van der Waals surface area contributed by atoms with E-state index in [-0.39, 0.29) is 0 Å². The first-order valence-electron chi connectivity index (χ1n) is 8.80. The van der Waals surface area contributed by atoms with Crippen LogP contribution in [-0.2, 0) is 0 Å². The number of fused-ring (bicyclic) bond motifs is 2. The summed E-state index contributed by atoms with van der Waals surface area (Å²) >= 11 is 0. The van der Waals surface area contributed by atoms with Crippen LogP contribution in [0.25, 0.3) is 32.7 Å². The van der Waals surface area contributed by atoms with Crippen LogP contribution in [0.15, 0.2) is 72.8 Å². The monoisotopic (exact) mass is 357 g/mol. The molecule has 0 atom stereocenters. The third-order valence-electron chi connectivity index (χ3n) is 4.78. The molecular weight excluding hydrogens is 337 g/mol. The molecule has 4 aromatic carbocycles. The van der Waals surface area contributed by atoms with Gasteiger partial charge in [0.25, 0.3) is 0 Å². The lowest BCUT2D eigenvalue weighted by molar-refractivity contribution is 0.291. The lowest BCUT2D eigenvalue weighted by Gasteiger charge is -2.18. The molecule has 0 radical (unpaired) electrons. The topological polar surface area (TPSA) is 52.9 Å². The second-order valence-electron chi connectivity index (χ2n) is 6.68. The Balaban J connectivity index is 2.07. The number of benzene rings is 4. The molecule has 0 heterocycles. The van der Waals surface area contributed by atoms with Gasteiger partial charge < -0.3 is 19.6 Å². The van der Waals surface area contributed by atoms with Crippen LogP contribution in [0.2, 0.25) is 0 Å². The molecule has 4 nitrogen and oxygen atoms in total. The molecule has 4 aromatic rings. The molecule has 0 fully saturated rings. The molecule has 0 saturated carbocycles. The second-order valence-corrected chi connectivity index (χ2v) is 6.68. The Morgan fingerprint density at radius 3 is 1.63 bits per heavy atom. The highest BCUT2D eigenvalue weighted by molar-refractivity contribution is 6.35. The smallest absolute Gasteiger partial charge is 0.511 e. The number of hydrogen-bond donors (Lipinski definition) is 2. The molecule has 27 heavy (non-hydrogen) atoms. The zero-order chi connectivity index (χ0) is 19.0. The van der Waals surface area contributed by atoms with Crippen molar-refractivity contribution in [3.63, 3.8) is 0 Å². The Kier molecular flexibility index (Phi) is 4.48. The van der Waals surface area contributed by atoms with Gasteiger partial charge in [-0.15, -0.1) is 0 Å². The molecule has 4 rings (SSSR count). The molecule has 0 aliphatic carbocycles. The zero-order valence-corrected chi connectivity index (χ0v) is 15.3. The summed E-state index contributed by atoms with van der Waals surface area (Å²) in [6, 6.07) is 24.2. The van der Waals surface area contributed by atoms with Crippen LogP contribution in [-0.4, -0.2) is 31.5 Å². The Bertz CT molecular complexity index is 1050. The van der Waals surface area contributed by atoms with E-state index >= 15 is 0 Å². The maximum absolute atomic E-state index is 9.42. The van der Waals surface area contributed by atoms with Gasteiger partial charge in [0.1, 0.15) is 5.75 Å². The molecule has 2 N–H and O–H groups in total. The van der Waals surface area contributed by atoms with Gasteiger partial charge >= 0.3 is 7.32 Å². The highest BCUT2D eigenvalue weighted by atomic mass is 16.6. The Morgan fingerprint density at radius 1 is 0.704 bits per heavy atom. The average Bonchev–Trinajstić information content (AvgIpc) is 2.68. The SMILES string of the molecule is CN(C)c1ccc(-c2c3ccccc3c(OB(O)O)c3ccccc23)cc1. The van der Waals surface area contributed by atoms with Gasteiger partial charge in [-0.1, -0.05) is 60.7 Å². The standard InChI is InChI=1S/C22H20BNO3/c1-24(2)16-13-11-15(12-14-16)21-17-7-3-5-9-19(17)22(27-23(25)26)20-10-6-4-8-18(20)21/h3-14,25-26H,1-2H3. The van der Waals surface area contributed by atoms with E-state index in [1.807, 2.05) is 62.6 Å². The minimum Gasteiger partial charge on any atom is -0.511 e. The van der Waals surface area contributed by atoms with Gasteiger partial charge in [0.05, 0.1) is 0 Å². The van der Waals surface area contributed by atoms with Crippen molar-refractivity contribution in [2.45, 2.75) is 0 Å². The molecule has 134 valence electrons. The summed E-state index contributed by atoms with van der Waals surface area (Å²) in [5.41, 5.74) is 3.34. The Labute approximate surface area is 158 Å². The van der Waals surface area contributed by atoms with Crippen molar-refractivity contribution in [2.24, 2.45) is 0 Å². The fraction of sp³-hybridized carbons (Fsp3) is 0.0909. The van der Waals surface area contributed by atoms with Gasteiger partial charge in [-0.2, -0.15) is 0 Å². The van der Waals surface area contributed by atoms with Crippen LogP contribution in [0.3, 0.4) is 0 Å². The maximum Gasteiger partial charge on any atom is 0.707 e. The largest absolute Gasteiger partial charge is 0.707 e. The first-order chi connectivity index (χ1) is 13.1. The van der Waals surface area contributed by atoms with E-state index in [0.29, 0.717) is 5.75 Å². The van der Waals surface area contributed by atoms with E-state index in [1.165, 1.54) is 0 Å². The Hall–Kier alpha value is -3.02. The third kappa shape index (κ3) is 3.12. The summed E-state index contributed by atoms with van der Waals surface area (Å²) in [5.74, 6) is 0.477. The average molecular weight is 357 g/mol. The van der Waals surface area contributed by atoms with Gasteiger partial charge in [-0.05, 0) is 34.0 Å². The summed E-state index contributed by atoms with van der Waals surface area (Å²) in [6.45, 7) is 0. The van der Waals surface area contributed by atoms with E-state index < -0.39 is 7.32 Å². The third-order valence-corrected chi connectivity index (χ3v) is 4.78. The van der Waals surface area contributed by atoms with Crippen molar-refractivity contribution < 1.29 is 14.7 Å². The number of anilines is 1. The predicted octanol–water partition coefficient (Wildman–Crippen LogP) is 4.07. The summed E-state index contributed by atoms with van der Waals surface area (Å²) in [6.07, 6.45) is 0. The molecule has 0 unspecified atom stereocenters. The minimum atomic E-state index is -1.87. The number of rotatable bonds is 4. The lowest BCUT2D eigenvalue weighted by Crippen LogP contribution is -2.21. The van der Waals surface area contributed by atoms with E-state index in [1.54, 1.807) is 0 Å². The fourth-order valence-corrected chi connectivity index (χ4v) is 3.56. The minimum absolute atomic E-state index is 0.477.